The Hall–Kier alpha value is -3.02. The van der Waals surface area contributed by atoms with Crippen LogP contribution in [-0.2, 0) is 31.8 Å². The van der Waals surface area contributed by atoms with Crippen LogP contribution in [0.25, 0.3) is 0 Å². The molecular formula is C23H32F3N3O6. The molecule has 1 aliphatic heterocycles. The monoisotopic (exact) mass is 503 g/mol. The Kier molecular flexibility index (Phi) is 10.2. The number of rotatable bonds is 10. The molecule has 12 heteroatoms. The van der Waals surface area contributed by atoms with Gasteiger partial charge in [-0.05, 0) is 24.1 Å². The number of carbonyl (C=O) groups excluding carboxylic acids is 2. The molecule has 1 saturated heterocycles. The molecule has 1 aromatic rings. The molecule has 9 nitrogen and oxygen atoms in total. The van der Waals surface area contributed by atoms with Crippen LogP contribution in [0.4, 0.5) is 23.7 Å². The number of ether oxygens (including phenoxy) is 2. The van der Waals surface area contributed by atoms with E-state index in [-0.39, 0.29) is 25.3 Å². The Bertz CT molecular complexity index is 886. The van der Waals surface area contributed by atoms with Gasteiger partial charge in [-0.15, -0.1) is 0 Å². The molecule has 0 aromatic heterocycles. The number of nitrogens with one attached hydrogen (secondary N) is 1. The zero-order chi connectivity index (χ0) is 26.2. The molecule has 0 radical (unpaired) electrons. The minimum absolute atomic E-state index is 0.0119. The van der Waals surface area contributed by atoms with E-state index in [0.717, 1.165) is 12.1 Å². The standard InChI is InChI=1S/C23H32F3N3O6/c1-15(2)21(31)35-16(3)34-20(30)5-4-8-27-19-13-18(23(24,25)26)7-6-17(19)14-28-9-11-29(12-10-28)22(32)33/h6-7,13,15-16,27H,4-5,8-12,14H2,1-3H3,(H,32,33). The largest absolute Gasteiger partial charge is 0.465 e. The van der Waals surface area contributed by atoms with Gasteiger partial charge in [0, 0.05) is 58.3 Å². The van der Waals surface area contributed by atoms with Gasteiger partial charge in [-0.2, -0.15) is 13.2 Å². The zero-order valence-corrected chi connectivity index (χ0v) is 20.1. The van der Waals surface area contributed by atoms with Crippen molar-refractivity contribution in [1.82, 2.24) is 9.80 Å². The Balaban J connectivity index is 1.92. The minimum atomic E-state index is -4.50. The maximum absolute atomic E-state index is 13.2. The number of alkyl halides is 3. The third kappa shape index (κ3) is 9.27. The average molecular weight is 504 g/mol. The van der Waals surface area contributed by atoms with Gasteiger partial charge in [-0.3, -0.25) is 14.5 Å². The third-order valence-corrected chi connectivity index (χ3v) is 5.40. The molecular weight excluding hydrogens is 471 g/mol. The summed E-state index contributed by atoms with van der Waals surface area (Å²) in [6, 6.07) is 3.47. The highest BCUT2D eigenvalue weighted by atomic mass is 19.4. The molecule has 196 valence electrons. The molecule has 1 heterocycles. The predicted octanol–water partition coefficient (Wildman–Crippen LogP) is 3.78. The number of esters is 2. The van der Waals surface area contributed by atoms with Crippen molar-refractivity contribution in [2.75, 3.05) is 38.0 Å². The van der Waals surface area contributed by atoms with Gasteiger partial charge in [0.05, 0.1) is 11.5 Å². The second-order valence-corrected chi connectivity index (χ2v) is 8.59. The summed E-state index contributed by atoms with van der Waals surface area (Å²) in [5, 5.41) is 12.0. The minimum Gasteiger partial charge on any atom is -0.465 e. The SMILES string of the molecule is CC(OC(=O)CCCNc1cc(C(F)(F)F)ccc1CN1CCN(C(=O)O)CC1)OC(=O)C(C)C. The number of amides is 1. The first kappa shape index (κ1) is 28.2. The lowest BCUT2D eigenvalue weighted by Gasteiger charge is -2.33. The highest BCUT2D eigenvalue weighted by Gasteiger charge is 2.31. The Morgan fingerprint density at radius 3 is 2.31 bits per heavy atom. The van der Waals surface area contributed by atoms with Crippen molar-refractivity contribution in [3.63, 3.8) is 0 Å². The molecule has 2 rings (SSSR count). The first-order chi connectivity index (χ1) is 16.4. The summed E-state index contributed by atoms with van der Waals surface area (Å²) in [5.74, 6) is -1.44. The van der Waals surface area contributed by atoms with E-state index >= 15 is 0 Å². The third-order valence-electron chi connectivity index (χ3n) is 5.40. The second-order valence-electron chi connectivity index (χ2n) is 8.59. The Morgan fingerprint density at radius 2 is 1.74 bits per heavy atom. The van der Waals surface area contributed by atoms with Crippen molar-refractivity contribution in [2.45, 2.75) is 52.6 Å². The summed E-state index contributed by atoms with van der Waals surface area (Å²) >= 11 is 0. The fourth-order valence-electron chi connectivity index (χ4n) is 3.42. The molecule has 1 atom stereocenters. The van der Waals surface area contributed by atoms with Gasteiger partial charge < -0.3 is 24.8 Å². The Morgan fingerprint density at radius 1 is 1.09 bits per heavy atom. The number of piperazine rings is 1. The average Bonchev–Trinajstić information content (AvgIpc) is 2.77. The highest BCUT2D eigenvalue weighted by Crippen LogP contribution is 2.32. The number of nitrogens with zero attached hydrogens (tertiary/aromatic N) is 2. The highest BCUT2D eigenvalue weighted by molar-refractivity contribution is 5.72. The second kappa shape index (κ2) is 12.6. The van der Waals surface area contributed by atoms with E-state index in [2.05, 4.69) is 5.32 Å². The summed E-state index contributed by atoms with van der Waals surface area (Å²) in [7, 11) is 0. The van der Waals surface area contributed by atoms with E-state index in [0.29, 0.717) is 44.0 Å². The molecule has 1 fully saturated rings. The Labute approximate surface area is 202 Å². The van der Waals surface area contributed by atoms with Crippen molar-refractivity contribution >= 4 is 23.7 Å². The zero-order valence-electron chi connectivity index (χ0n) is 20.1. The lowest BCUT2D eigenvalue weighted by Crippen LogP contribution is -2.47. The van der Waals surface area contributed by atoms with E-state index in [9.17, 15) is 27.6 Å². The van der Waals surface area contributed by atoms with Crippen LogP contribution in [-0.4, -0.2) is 72.0 Å². The van der Waals surface area contributed by atoms with Crippen molar-refractivity contribution in [2.24, 2.45) is 5.92 Å². The van der Waals surface area contributed by atoms with E-state index in [4.69, 9.17) is 14.6 Å². The number of benzene rings is 1. The molecule has 2 N–H and O–H groups in total. The topological polar surface area (TPSA) is 108 Å². The quantitative estimate of drug-likeness (QED) is 0.282. The van der Waals surface area contributed by atoms with Gasteiger partial charge in [0.15, 0.2) is 0 Å². The molecule has 0 spiro atoms. The van der Waals surface area contributed by atoms with Crippen LogP contribution in [0.1, 0.15) is 44.7 Å². The van der Waals surface area contributed by atoms with Crippen molar-refractivity contribution in [3.8, 4) is 0 Å². The first-order valence-corrected chi connectivity index (χ1v) is 11.4. The fraction of sp³-hybridized carbons (Fsp3) is 0.609. The van der Waals surface area contributed by atoms with Gasteiger partial charge >= 0.3 is 24.2 Å². The van der Waals surface area contributed by atoms with Crippen molar-refractivity contribution in [1.29, 1.82) is 0 Å². The molecule has 1 aliphatic rings. The van der Waals surface area contributed by atoms with E-state index in [1.165, 1.54) is 17.9 Å². The maximum Gasteiger partial charge on any atom is 0.416 e. The van der Waals surface area contributed by atoms with E-state index in [1.807, 2.05) is 4.90 Å². The van der Waals surface area contributed by atoms with Crippen LogP contribution in [0, 0.1) is 5.92 Å². The molecule has 1 unspecified atom stereocenters. The van der Waals surface area contributed by atoms with E-state index < -0.39 is 36.1 Å². The first-order valence-electron chi connectivity index (χ1n) is 11.4. The van der Waals surface area contributed by atoms with E-state index in [1.54, 1.807) is 13.8 Å². The number of halogens is 3. The predicted molar refractivity (Wildman–Crippen MR) is 121 cm³/mol. The van der Waals surface area contributed by atoms with Crippen molar-refractivity contribution < 1.29 is 42.1 Å². The number of hydrogen-bond donors (Lipinski definition) is 2. The number of hydrogen-bond acceptors (Lipinski definition) is 7. The lowest BCUT2D eigenvalue weighted by atomic mass is 10.1. The maximum atomic E-state index is 13.2. The van der Waals surface area contributed by atoms with Crippen LogP contribution >= 0.6 is 0 Å². The fourth-order valence-corrected chi connectivity index (χ4v) is 3.42. The number of carbonyl (C=O) groups is 3. The summed E-state index contributed by atoms with van der Waals surface area (Å²) in [6.45, 7) is 6.90. The van der Waals surface area contributed by atoms with Gasteiger partial charge in [0.1, 0.15) is 0 Å². The van der Waals surface area contributed by atoms with Crippen LogP contribution in [0.5, 0.6) is 0 Å². The summed E-state index contributed by atoms with van der Waals surface area (Å²) in [6.07, 6.45) is -6.25. The normalized spacial score (nSPS) is 15.6. The number of anilines is 1. The summed E-state index contributed by atoms with van der Waals surface area (Å²) in [4.78, 5) is 37.8. The molecule has 35 heavy (non-hydrogen) atoms. The molecule has 1 aromatic carbocycles. The molecule has 0 bridgehead atoms. The molecule has 0 saturated carbocycles. The smallest absolute Gasteiger partial charge is 0.416 e. The lowest BCUT2D eigenvalue weighted by molar-refractivity contribution is -0.186. The van der Waals surface area contributed by atoms with Gasteiger partial charge in [-0.1, -0.05) is 19.9 Å². The van der Waals surface area contributed by atoms with Crippen LogP contribution < -0.4 is 5.32 Å². The van der Waals surface area contributed by atoms with Crippen LogP contribution in [0.3, 0.4) is 0 Å². The van der Waals surface area contributed by atoms with Gasteiger partial charge in [-0.25, -0.2) is 4.79 Å². The van der Waals surface area contributed by atoms with Gasteiger partial charge in [0.2, 0.25) is 6.29 Å². The summed E-state index contributed by atoms with van der Waals surface area (Å²) in [5.41, 5.74) is 0.145. The van der Waals surface area contributed by atoms with Gasteiger partial charge in [0.25, 0.3) is 0 Å². The summed E-state index contributed by atoms with van der Waals surface area (Å²) < 4.78 is 49.7. The molecule has 0 aliphatic carbocycles. The number of carboxylic acid groups (broad SMARTS) is 1. The van der Waals surface area contributed by atoms with Crippen LogP contribution in [0.2, 0.25) is 0 Å². The molecule has 1 amide bonds. The van der Waals surface area contributed by atoms with Crippen LogP contribution in [0.15, 0.2) is 18.2 Å². The van der Waals surface area contributed by atoms with Crippen molar-refractivity contribution in [3.05, 3.63) is 29.3 Å².